The molecule has 0 aliphatic heterocycles. The zero-order chi connectivity index (χ0) is 18.5. The summed E-state index contributed by atoms with van der Waals surface area (Å²) < 4.78 is 7.38. The maximum absolute atomic E-state index is 12.6. The van der Waals surface area contributed by atoms with Crippen molar-refractivity contribution in [3.8, 4) is 0 Å². The van der Waals surface area contributed by atoms with Crippen LogP contribution in [0.2, 0.25) is 0 Å². The summed E-state index contributed by atoms with van der Waals surface area (Å²) in [5, 5.41) is 3.62. The van der Waals surface area contributed by atoms with Crippen LogP contribution in [0.15, 0.2) is 60.8 Å². The minimum atomic E-state index is -0.866. The van der Waals surface area contributed by atoms with Crippen molar-refractivity contribution >= 4 is 22.8 Å². The van der Waals surface area contributed by atoms with E-state index in [1.807, 2.05) is 66.1 Å². The van der Waals surface area contributed by atoms with Crippen molar-refractivity contribution in [1.29, 1.82) is 0 Å². The van der Waals surface area contributed by atoms with Crippen molar-refractivity contribution in [2.75, 3.05) is 0 Å². The number of rotatable bonds is 6. The quantitative estimate of drug-likeness (QED) is 0.692. The standard InChI is InChI=1S/C21H22N2O3/c1-3-23-14-18(17-11-7-8-12-19(17)23)21(25)26-15(2)20(24)22-13-16-9-5-4-6-10-16/h4-12,14-15H,3,13H2,1-2H3,(H,22,24). The van der Waals surface area contributed by atoms with Gasteiger partial charge >= 0.3 is 5.97 Å². The Labute approximate surface area is 152 Å². The lowest BCUT2D eigenvalue weighted by Gasteiger charge is -2.13. The second-order valence-electron chi connectivity index (χ2n) is 6.10. The average molecular weight is 350 g/mol. The molecule has 0 saturated heterocycles. The van der Waals surface area contributed by atoms with Gasteiger partial charge in [-0.2, -0.15) is 0 Å². The van der Waals surface area contributed by atoms with Crippen LogP contribution in [0.5, 0.6) is 0 Å². The summed E-state index contributed by atoms with van der Waals surface area (Å²) in [6.45, 7) is 4.75. The van der Waals surface area contributed by atoms with Gasteiger partial charge in [-0.3, -0.25) is 4.79 Å². The first kappa shape index (κ1) is 17.7. The Morgan fingerprint density at radius 1 is 1.08 bits per heavy atom. The molecule has 0 aliphatic carbocycles. The van der Waals surface area contributed by atoms with Crippen molar-refractivity contribution in [2.45, 2.75) is 33.0 Å². The monoisotopic (exact) mass is 350 g/mol. The largest absolute Gasteiger partial charge is 0.449 e. The zero-order valence-electron chi connectivity index (χ0n) is 14.9. The summed E-state index contributed by atoms with van der Waals surface area (Å²) in [5.74, 6) is -0.808. The molecule has 134 valence electrons. The molecule has 0 saturated carbocycles. The predicted molar refractivity (Wildman–Crippen MR) is 101 cm³/mol. The number of fused-ring (bicyclic) bond motifs is 1. The number of amides is 1. The summed E-state index contributed by atoms with van der Waals surface area (Å²) in [6, 6.07) is 17.3. The Bertz CT molecular complexity index is 915. The highest BCUT2D eigenvalue weighted by Gasteiger charge is 2.21. The Kier molecular flexibility index (Phi) is 5.37. The van der Waals surface area contributed by atoms with Gasteiger partial charge in [0.2, 0.25) is 0 Å². The smallest absolute Gasteiger partial charge is 0.341 e. The van der Waals surface area contributed by atoms with Crippen LogP contribution in [-0.4, -0.2) is 22.5 Å². The predicted octanol–water partition coefficient (Wildman–Crippen LogP) is 3.52. The van der Waals surface area contributed by atoms with Crippen LogP contribution in [0.3, 0.4) is 0 Å². The van der Waals surface area contributed by atoms with E-state index < -0.39 is 12.1 Å². The average Bonchev–Trinajstić information content (AvgIpc) is 3.06. The number of ether oxygens (including phenoxy) is 1. The van der Waals surface area contributed by atoms with Crippen LogP contribution in [0.1, 0.15) is 29.8 Å². The lowest BCUT2D eigenvalue weighted by molar-refractivity contribution is -0.129. The molecule has 0 fully saturated rings. The minimum Gasteiger partial charge on any atom is -0.449 e. The molecule has 1 heterocycles. The topological polar surface area (TPSA) is 60.3 Å². The Hall–Kier alpha value is -3.08. The maximum atomic E-state index is 12.6. The van der Waals surface area contributed by atoms with E-state index in [4.69, 9.17) is 4.74 Å². The normalized spacial score (nSPS) is 11.9. The fraction of sp³-hybridized carbons (Fsp3) is 0.238. The molecular formula is C21H22N2O3. The summed E-state index contributed by atoms with van der Waals surface area (Å²) >= 11 is 0. The molecule has 0 bridgehead atoms. The van der Waals surface area contributed by atoms with Gasteiger partial charge in [0.1, 0.15) is 0 Å². The second-order valence-corrected chi connectivity index (χ2v) is 6.10. The number of aromatic nitrogens is 1. The molecular weight excluding hydrogens is 328 g/mol. The first-order valence-corrected chi connectivity index (χ1v) is 8.70. The molecule has 1 N–H and O–H groups in total. The molecule has 1 amide bonds. The number of nitrogens with zero attached hydrogens (tertiary/aromatic N) is 1. The lowest BCUT2D eigenvalue weighted by atomic mass is 10.2. The van der Waals surface area contributed by atoms with Crippen LogP contribution in [0, 0.1) is 0 Å². The number of aryl methyl sites for hydroxylation is 1. The van der Waals surface area contributed by atoms with Gasteiger partial charge in [-0.1, -0.05) is 48.5 Å². The van der Waals surface area contributed by atoms with Gasteiger partial charge in [0.15, 0.2) is 6.10 Å². The first-order chi connectivity index (χ1) is 12.6. The van der Waals surface area contributed by atoms with Crippen LogP contribution >= 0.6 is 0 Å². The first-order valence-electron chi connectivity index (χ1n) is 8.70. The van der Waals surface area contributed by atoms with E-state index in [-0.39, 0.29) is 5.91 Å². The summed E-state index contributed by atoms with van der Waals surface area (Å²) in [4.78, 5) is 24.8. The number of benzene rings is 2. The maximum Gasteiger partial charge on any atom is 0.341 e. The van der Waals surface area contributed by atoms with Crippen LogP contribution in [0.25, 0.3) is 10.9 Å². The van der Waals surface area contributed by atoms with Crippen molar-refractivity contribution in [1.82, 2.24) is 9.88 Å². The molecule has 26 heavy (non-hydrogen) atoms. The van der Waals surface area contributed by atoms with Gasteiger partial charge < -0.3 is 14.6 Å². The van der Waals surface area contributed by atoms with Crippen molar-refractivity contribution in [2.24, 2.45) is 0 Å². The third-order valence-electron chi connectivity index (χ3n) is 4.31. The van der Waals surface area contributed by atoms with E-state index in [2.05, 4.69) is 5.32 Å². The molecule has 1 atom stereocenters. The van der Waals surface area contributed by atoms with Gasteiger partial charge in [-0.15, -0.1) is 0 Å². The fourth-order valence-corrected chi connectivity index (χ4v) is 2.88. The molecule has 0 spiro atoms. The number of esters is 1. The minimum absolute atomic E-state index is 0.318. The van der Waals surface area contributed by atoms with E-state index in [1.165, 1.54) is 0 Å². The molecule has 3 rings (SSSR count). The molecule has 5 heteroatoms. The molecule has 1 unspecified atom stereocenters. The number of hydrogen-bond acceptors (Lipinski definition) is 3. The molecule has 3 aromatic rings. The molecule has 0 radical (unpaired) electrons. The lowest BCUT2D eigenvalue weighted by Crippen LogP contribution is -2.35. The fourth-order valence-electron chi connectivity index (χ4n) is 2.88. The summed E-state index contributed by atoms with van der Waals surface area (Å²) in [7, 11) is 0. The summed E-state index contributed by atoms with van der Waals surface area (Å²) in [6.07, 6.45) is 0.914. The Morgan fingerprint density at radius 3 is 2.50 bits per heavy atom. The number of nitrogens with one attached hydrogen (secondary N) is 1. The molecule has 2 aromatic carbocycles. The van der Waals surface area contributed by atoms with Crippen LogP contribution in [-0.2, 0) is 22.6 Å². The van der Waals surface area contributed by atoms with E-state index in [9.17, 15) is 9.59 Å². The molecule has 5 nitrogen and oxygen atoms in total. The third-order valence-corrected chi connectivity index (χ3v) is 4.31. The van der Waals surface area contributed by atoms with Crippen molar-refractivity contribution < 1.29 is 14.3 Å². The van der Waals surface area contributed by atoms with Gasteiger partial charge in [-0.05, 0) is 25.5 Å². The SMILES string of the molecule is CCn1cc(C(=O)OC(C)C(=O)NCc2ccccc2)c2ccccc21. The van der Waals surface area contributed by atoms with Gasteiger partial charge in [0.05, 0.1) is 5.56 Å². The van der Waals surface area contributed by atoms with E-state index in [1.54, 1.807) is 13.1 Å². The van der Waals surface area contributed by atoms with E-state index in [0.29, 0.717) is 12.1 Å². The van der Waals surface area contributed by atoms with Crippen LogP contribution in [0.4, 0.5) is 0 Å². The van der Waals surface area contributed by atoms with Crippen molar-refractivity contribution in [3.05, 3.63) is 71.9 Å². The highest BCUT2D eigenvalue weighted by Crippen LogP contribution is 2.22. The number of hydrogen-bond donors (Lipinski definition) is 1. The highest BCUT2D eigenvalue weighted by molar-refractivity contribution is 6.05. The van der Waals surface area contributed by atoms with Gasteiger partial charge in [0, 0.05) is 30.2 Å². The molecule has 1 aromatic heterocycles. The van der Waals surface area contributed by atoms with Gasteiger partial charge in [-0.25, -0.2) is 4.79 Å². The summed E-state index contributed by atoms with van der Waals surface area (Å²) in [5.41, 5.74) is 2.44. The second kappa shape index (κ2) is 7.87. The van der Waals surface area contributed by atoms with Crippen LogP contribution < -0.4 is 5.32 Å². The zero-order valence-corrected chi connectivity index (χ0v) is 14.9. The number of carbonyl (C=O) groups is 2. The van der Waals surface area contributed by atoms with Gasteiger partial charge in [0.25, 0.3) is 5.91 Å². The van der Waals surface area contributed by atoms with Crippen molar-refractivity contribution in [3.63, 3.8) is 0 Å². The number of para-hydroxylation sites is 1. The molecule has 0 aliphatic rings. The number of carbonyl (C=O) groups excluding carboxylic acids is 2. The highest BCUT2D eigenvalue weighted by atomic mass is 16.5. The van der Waals surface area contributed by atoms with E-state index in [0.717, 1.165) is 23.0 Å². The Balaban J connectivity index is 1.66. The third kappa shape index (κ3) is 3.77. The van der Waals surface area contributed by atoms with E-state index >= 15 is 0 Å². The Morgan fingerprint density at radius 2 is 1.77 bits per heavy atom.